The van der Waals surface area contributed by atoms with Crippen LogP contribution < -0.4 is 11.1 Å². The maximum absolute atomic E-state index is 14.0. The van der Waals surface area contributed by atoms with Crippen LogP contribution in [0.15, 0.2) is 42.6 Å². The molecule has 1 fully saturated rings. The maximum Gasteiger partial charge on any atom is 0.313 e. The Labute approximate surface area is 167 Å². The number of aromatic nitrogens is 1. The predicted octanol–water partition coefficient (Wildman–Crippen LogP) is 2.26. The van der Waals surface area contributed by atoms with E-state index in [1.54, 1.807) is 0 Å². The Kier molecular flexibility index (Phi) is 4.29. The minimum Gasteiger partial charge on any atom is -0.366 e. The van der Waals surface area contributed by atoms with Gasteiger partial charge in [0.25, 0.3) is 0 Å². The Morgan fingerprint density at radius 3 is 2.64 bits per heavy atom. The highest BCUT2D eigenvalue weighted by Gasteiger charge is 2.34. The molecule has 7 nitrogen and oxygen atoms in total. The number of hydrogen-bond acceptors (Lipinski definition) is 4. The summed E-state index contributed by atoms with van der Waals surface area (Å²) >= 11 is 0. The summed E-state index contributed by atoms with van der Waals surface area (Å²) in [6, 6.07) is -2.50. The van der Waals surface area contributed by atoms with Gasteiger partial charge in [-0.05, 0) is 42.5 Å². The number of anilines is 1. The average molecular weight is 388 g/mol. The smallest absolute Gasteiger partial charge is 0.313 e. The number of nitrogens with two attached hydrogens (primary N) is 1. The molecule has 1 aliphatic rings. The minimum absolute atomic E-state index is 0.0117. The van der Waals surface area contributed by atoms with Crippen molar-refractivity contribution in [1.82, 2.24) is 9.88 Å². The summed E-state index contributed by atoms with van der Waals surface area (Å²) in [5, 5.41) is 2.35. The molecule has 28 heavy (non-hydrogen) atoms. The summed E-state index contributed by atoms with van der Waals surface area (Å²) in [7, 11) is 0. The van der Waals surface area contributed by atoms with Crippen molar-refractivity contribution in [1.29, 1.82) is 0 Å². The van der Waals surface area contributed by atoms with E-state index in [0.717, 1.165) is 0 Å². The molecule has 2 atom stereocenters. The quantitative estimate of drug-likeness (QED) is 0.787. The highest BCUT2D eigenvalue weighted by Crippen LogP contribution is 2.33. The third-order valence-corrected chi connectivity index (χ3v) is 4.50. The highest BCUT2D eigenvalue weighted by atomic mass is 19.1. The largest absolute Gasteiger partial charge is 0.366 e. The van der Waals surface area contributed by atoms with Gasteiger partial charge >= 0.3 is 11.8 Å². The molecule has 146 valence electrons. The van der Waals surface area contributed by atoms with Gasteiger partial charge in [-0.15, -0.1) is 0 Å². The SMILES string of the molecule is [2H]c1c([2H])c(C2CCC(C)CN2C(=O)C(=O)Nc2cncc(C(N)=O)c2)c([2H])c([2H])c1F. The predicted molar refractivity (Wildman–Crippen MR) is 101 cm³/mol. The zero-order valence-corrected chi connectivity index (χ0v) is 15.1. The Morgan fingerprint density at radius 1 is 1.25 bits per heavy atom. The van der Waals surface area contributed by atoms with E-state index in [0.29, 0.717) is 6.42 Å². The average Bonchev–Trinajstić information content (AvgIpc) is 2.77. The molecular formula is C20H21FN4O3. The van der Waals surface area contributed by atoms with Crippen molar-refractivity contribution in [2.45, 2.75) is 25.8 Å². The first-order valence-corrected chi connectivity index (χ1v) is 8.65. The summed E-state index contributed by atoms with van der Waals surface area (Å²) in [4.78, 5) is 41.9. The summed E-state index contributed by atoms with van der Waals surface area (Å²) in [5.41, 5.74) is 5.17. The van der Waals surface area contributed by atoms with E-state index >= 15 is 0 Å². The van der Waals surface area contributed by atoms with Crippen LogP contribution in [0.2, 0.25) is 0 Å². The first-order chi connectivity index (χ1) is 15.0. The Hall–Kier alpha value is -3.29. The van der Waals surface area contributed by atoms with E-state index in [1.807, 2.05) is 6.92 Å². The fourth-order valence-electron chi connectivity index (χ4n) is 3.11. The van der Waals surface area contributed by atoms with E-state index in [4.69, 9.17) is 11.2 Å². The number of likely N-dealkylation sites (tertiary alicyclic amines) is 1. The van der Waals surface area contributed by atoms with Crippen LogP contribution in [0.4, 0.5) is 10.1 Å². The van der Waals surface area contributed by atoms with Gasteiger partial charge < -0.3 is 16.0 Å². The molecule has 0 radical (unpaired) electrons. The van der Waals surface area contributed by atoms with Gasteiger partial charge in [0.05, 0.1) is 29.0 Å². The van der Waals surface area contributed by atoms with Crippen LogP contribution in [0.1, 0.15) is 47.2 Å². The van der Waals surface area contributed by atoms with Crippen molar-refractivity contribution in [2.75, 3.05) is 11.9 Å². The van der Waals surface area contributed by atoms with Gasteiger partial charge in [0, 0.05) is 12.7 Å². The second-order valence-electron chi connectivity index (χ2n) is 6.66. The van der Waals surface area contributed by atoms with Gasteiger partial charge in [-0.2, -0.15) is 0 Å². The Morgan fingerprint density at radius 2 is 1.96 bits per heavy atom. The van der Waals surface area contributed by atoms with Gasteiger partial charge in [0.15, 0.2) is 0 Å². The molecule has 0 bridgehead atoms. The number of pyridine rings is 1. The number of halogens is 1. The van der Waals surface area contributed by atoms with Crippen LogP contribution in [-0.2, 0) is 9.59 Å². The molecule has 1 aromatic carbocycles. The molecule has 3 rings (SSSR count). The lowest BCUT2D eigenvalue weighted by Gasteiger charge is -2.38. The number of primary amides is 1. The van der Waals surface area contributed by atoms with Crippen LogP contribution >= 0.6 is 0 Å². The molecule has 3 N–H and O–H groups in total. The lowest BCUT2D eigenvalue weighted by molar-refractivity contribution is -0.146. The van der Waals surface area contributed by atoms with Crippen LogP contribution in [0.3, 0.4) is 0 Å². The van der Waals surface area contributed by atoms with Crippen molar-refractivity contribution in [3.8, 4) is 0 Å². The Bertz CT molecular complexity index is 1090. The number of carbonyl (C=O) groups is 3. The number of hydrogen-bond donors (Lipinski definition) is 2. The maximum atomic E-state index is 14.0. The van der Waals surface area contributed by atoms with Gasteiger partial charge in [-0.3, -0.25) is 19.4 Å². The summed E-state index contributed by atoms with van der Waals surface area (Å²) in [5.74, 6) is -4.02. The first kappa shape index (κ1) is 14.7. The molecule has 1 saturated heterocycles. The van der Waals surface area contributed by atoms with E-state index in [1.165, 1.54) is 23.4 Å². The molecule has 0 spiro atoms. The standard InChI is InChI=1S/C20H21FN4O3/c1-12-2-7-17(13-3-5-15(21)6-4-13)25(11-12)20(28)19(27)24-16-8-14(18(22)26)9-23-10-16/h3-6,8-10,12,17H,2,7,11H2,1H3,(H2,22,26)(H,24,27)/i3D,4D,5D,6D. The molecule has 2 heterocycles. The molecule has 8 heteroatoms. The summed E-state index contributed by atoms with van der Waals surface area (Å²) in [6.07, 6.45) is 3.33. The summed E-state index contributed by atoms with van der Waals surface area (Å²) in [6.45, 7) is 2.00. The molecule has 0 aliphatic carbocycles. The first-order valence-electron chi connectivity index (χ1n) is 10.6. The topological polar surface area (TPSA) is 105 Å². The zero-order valence-electron chi connectivity index (χ0n) is 19.1. The highest BCUT2D eigenvalue weighted by molar-refractivity contribution is 6.39. The van der Waals surface area contributed by atoms with Gasteiger partial charge in [-0.25, -0.2) is 4.39 Å². The van der Waals surface area contributed by atoms with Gasteiger partial charge in [-0.1, -0.05) is 19.0 Å². The minimum atomic E-state index is -1.27. The van der Waals surface area contributed by atoms with Crippen LogP contribution in [0.25, 0.3) is 0 Å². The number of piperidine rings is 1. The molecular weight excluding hydrogens is 363 g/mol. The third-order valence-electron chi connectivity index (χ3n) is 4.50. The van der Waals surface area contributed by atoms with Crippen LogP contribution in [-0.4, -0.2) is 34.2 Å². The lowest BCUT2D eigenvalue weighted by atomic mass is 9.90. The van der Waals surface area contributed by atoms with Gasteiger partial charge in [0.1, 0.15) is 5.82 Å². The number of nitrogens with one attached hydrogen (secondary N) is 1. The molecule has 0 saturated carbocycles. The molecule has 2 unspecified atom stereocenters. The molecule has 2 aromatic rings. The van der Waals surface area contributed by atoms with Crippen molar-refractivity contribution >= 4 is 23.4 Å². The zero-order chi connectivity index (χ0) is 23.7. The number of carbonyl (C=O) groups excluding carboxylic acids is 3. The number of amides is 3. The number of rotatable bonds is 3. The second kappa shape index (κ2) is 8.16. The van der Waals surface area contributed by atoms with E-state index < -0.39 is 53.8 Å². The van der Waals surface area contributed by atoms with E-state index in [9.17, 15) is 18.8 Å². The van der Waals surface area contributed by atoms with E-state index in [-0.39, 0.29) is 35.7 Å². The number of nitrogens with zero attached hydrogens (tertiary/aromatic N) is 2. The fourth-order valence-corrected chi connectivity index (χ4v) is 3.11. The van der Waals surface area contributed by atoms with Crippen molar-refractivity contribution in [3.05, 3.63) is 59.6 Å². The molecule has 1 aromatic heterocycles. The van der Waals surface area contributed by atoms with Gasteiger partial charge in [0.2, 0.25) is 5.91 Å². The second-order valence-corrected chi connectivity index (χ2v) is 6.66. The molecule has 1 aliphatic heterocycles. The van der Waals surface area contributed by atoms with Crippen LogP contribution in [0.5, 0.6) is 0 Å². The third kappa shape index (κ3) is 4.33. The summed E-state index contributed by atoms with van der Waals surface area (Å²) < 4.78 is 45.7. The van der Waals surface area contributed by atoms with Crippen molar-refractivity contribution in [2.24, 2.45) is 11.7 Å². The van der Waals surface area contributed by atoms with Crippen LogP contribution in [0, 0.1) is 11.7 Å². The number of benzene rings is 1. The Balaban J connectivity index is 1.94. The fraction of sp³-hybridized carbons (Fsp3) is 0.300. The normalized spacial score (nSPS) is 21.1. The van der Waals surface area contributed by atoms with Crippen molar-refractivity contribution < 1.29 is 24.3 Å². The van der Waals surface area contributed by atoms with E-state index in [2.05, 4.69) is 10.3 Å². The lowest BCUT2D eigenvalue weighted by Crippen LogP contribution is -2.46. The van der Waals surface area contributed by atoms with Crippen molar-refractivity contribution in [3.63, 3.8) is 0 Å². The molecule has 3 amide bonds. The monoisotopic (exact) mass is 388 g/mol.